The van der Waals surface area contributed by atoms with Crippen molar-refractivity contribution in [2.24, 2.45) is 11.7 Å². The molecule has 0 aromatic rings. The van der Waals surface area contributed by atoms with Gasteiger partial charge >= 0.3 is 0 Å². The number of carbonyl (C=O) groups is 2. The third kappa shape index (κ3) is 3.72. The third-order valence-corrected chi connectivity index (χ3v) is 1.42. The summed E-state index contributed by atoms with van der Waals surface area (Å²) in [7, 11) is 0. The van der Waals surface area contributed by atoms with Crippen molar-refractivity contribution in [1.82, 2.24) is 0 Å². The Balaban J connectivity index is 3.93. The summed E-state index contributed by atoms with van der Waals surface area (Å²) < 4.78 is 0. The van der Waals surface area contributed by atoms with E-state index in [1.54, 1.807) is 13.8 Å². The van der Waals surface area contributed by atoms with Crippen molar-refractivity contribution in [1.29, 1.82) is 0 Å². The largest absolute Gasteiger partial charge is 0.369 e. The Morgan fingerprint density at radius 2 is 1.91 bits per heavy atom. The fourth-order valence-corrected chi connectivity index (χ4v) is 0.815. The van der Waals surface area contributed by atoms with Gasteiger partial charge in [-0.3, -0.25) is 9.59 Å². The van der Waals surface area contributed by atoms with E-state index in [-0.39, 0.29) is 18.1 Å². The Labute approximate surface area is 65.9 Å². The van der Waals surface area contributed by atoms with E-state index in [1.165, 1.54) is 0 Å². The van der Waals surface area contributed by atoms with Crippen molar-refractivity contribution in [3.63, 3.8) is 0 Å². The fraction of sp³-hybridized carbons (Fsp3) is 0.714. The molecule has 0 heterocycles. The van der Waals surface area contributed by atoms with Gasteiger partial charge in [0.2, 0.25) is 5.91 Å². The molecule has 0 fully saturated rings. The van der Waals surface area contributed by atoms with Gasteiger partial charge in [-0.15, -0.1) is 0 Å². The third-order valence-electron chi connectivity index (χ3n) is 1.42. The molecule has 4 heteroatoms. The van der Waals surface area contributed by atoms with Gasteiger partial charge < -0.3 is 11.5 Å². The van der Waals surface area contributed by atoms with Crippen molar-refractivity contribution in [3.8, 4) is 0 Å². The second-order valence-electron chi connectivity index (χ2n) is 2.92. The van der Waals surface area contributed by atoms with Crippen LogP contribution in [0.4, 0.5) is 0 Å². The van der Waals surface area contributed by atoms with Crippen molar-refractivity contribution in [3.05, 3.63) is 0 Å². The molecule has 0 radical (unpaired) electrons. The van der Waals surface area contributed by atoms with Crippen molar-refractivity contribution >= 4 is 11.7 Å². The van der Waals surface area contributed by atoms with E-state index < -0.39 is 11.9 Å². The van der Waals surface area contributed by atoms with Gasteiger partial charge in [0, 0.05) is 5.92 Å². The summed E-state index contributed by atoms with van der Waals surface area (Å²) in [6, 6.07) is -0.479. The highest BCUT2D eigenvalue weighted by molar-refractivity contribution is 5.88. The summed E-state index contributed by atoms with van der Waals surface area (Å²) in [6.07, 6.45) is 0.0526. The van der Waals surface area contributed by atoms with Gasteiger partial charge in [0.15, 0.2) is 11.8 Å². The van der Waals surface area contributed by atoms with Gasteiger partial charge in [0.05, 0.1) is 6.42 Å². The van der Waals surface area contributed by atoms with Gasteiger partial charge in [-0.1, -0.05) is 13.8 Å². The van der Waals surface area contributed by atoms with Crippen LogP contribution < -0.4 is 11.5 Å². The molecule has 0 aliphatic heterocycles. The molecule has 0 aliphatic carbocycles. The molecular formula is C7H15N2O2+. The monoisotopic (exact) mass is 159 g/mol. The number of primary amides is 1. The Kier molecular flexibility index (Phi) is 3.74. The molecule has 0 bridgehead atoms. The Bertz CT molecular complexity index is 166. The highest BCUT2D eigenvalue weighted by atomic mass is 16.1. The minimum absolute atomic E-state index is 0.0104. The quantitative estimate of drug-likeness (QED) is 0.534. The predicted molar refractivity (Wildman–Crippen MR) is 40.3 cm³/mol. The Morgan fingerprint density at radius 1 is 1.45 bits per heavy atom. The molecule has 11 heavy (non-hydrogen) atoms. The van der Waals surface area contributed by atoms with Crippen LogP contribution in [0.3, 0.4) is 0 Å². The van der Waals surface area contributed by atoms with Crippen molar-refractivity contribution < 1.29 is 15.3 Å². The first kappa shape index (κ1) is 10.1. The number of quaternary nitrogens is 1. The van der Waals surface area contributed by atoms with E-state index in [4.69, 9.17) is 5.73 Å². The lowest BCUT2D eigenvalue weighted by atomic mass is 10.0. The highest BCUT2D eigenvalue weighted by Crippen LogP contribution is 1.98. The number of nitrogens with two attached hydrogens (primary N) is 1. The number of ketones is 1. The summed E-state index contributed by atoms with van der Waals surface area (Å²) >= 11 is 0. The zero-order valence-electron chi connectivity index (χ0n) is 6.96. The Hall–Kier alpha value is -0.900. The molecule has 0 aromatic heterocycles. The van der Waals surface area contributed by atoms with Crippen LogP contribution in [0.5, 0.6) is 0 Å². The van der Waals surface area contributed by atoms with E-state index in [2.05, 4.69) is 5.73 Å². The summed E-state index contributed by atoms with van der Waals surface area (Å²) in [4.78, 5) is 21.5. The first-order valence-corrected chi connectivity index (χ1v) is 3.60. The van der Waals surface area contributed by atoms with E-state index in [0.29, 0.717) is 0 Å². The maximum Gasteiger partial charge on any atom is 0.223 e. The molecule has 64 valence electrons. The molecule has 1 atom stereocenters. The lowest BCUT2D eigenvalue weighted by Gasteiger charge is -2.06. The molecule has 0 aromatic carbocycles. The summed E-state index contributed by atoms with van der Waals surface area (Å²) in [5, 5.41) is 0. The standard InChI is InChI=1S/C7H14N2O2/c1-4(2)7(11)5(8)3-6(9)10/h4-5H,3,8H2,1-2H3,(H2,9,10)/p+1/t5-/m0/s1. The number of Topliss-reactive ketones (excluding diaryl/α,β-unsaturated/α-hetero) is 1. The molecule has 0 aliphatic rings. The average Bonchev–Trinajstić information content (AvgIpc) is 1.84. The fourth-order valence-electron chi connectivity index (χ4n) is 0.815. The van der Waals surface area contributed by atoms with E-state index in [0.717, 1.165) is 0 Å². The van der Waals surface area contributed by atoms with Gasteiger partial charge in [0.1, 0.15) is 0 Å². The number of hydrogen-bond acceptors (Lipinski definition) is 2. The van der Waals surface area contributed by atoms with Gasteiger partial charge in [-0.05, 0) is 0 Å². The molecule has 0 unspecified atom stereocenters. The van der Waals surface area contributed by atoms with Gasteiger partial charge in [0.25, 0.3) is 0 Å². The van der Waals surface area contributed by atoms with Crippen LogP contribution >= 0.6 is 0 Å². The summed E-state index contributed by atoms with van der Waals surface area (Å²) in [5.41, 5.74) is 8.45. The van der Waals surface area contributed by atoms with Crippen LogP contribution in [-0.4, -0.2) is 17.7 Å². The first-order chi connectivity index (χ1) is 4.95. The van der Waals surface area contributed by atoms with Crippen molar-refractivity contribution in [2.45, 2.75) is 26.3 Å². The predicted octanol–water partition coefficient (Wildman–Crippen LogP) is -1.30. The molecular weight excluding hydrogens is 144 g/mol. The van der Waals surface area contributed by atoms with Gasteiger partial charge in [-0.2, -0.15) is 0 Å². The second-order valence-corrected chi connectivity index (χ2v) is 2.92. The van der Waals surface area contributed by atoms with Gasteiger partial charge in [-0.25, -0.2) is 0 Å². The topological polar surface area (TPSA) is 87.8 Å². The van der Waals surface area contributed by atoms with Crippen LogP contribution in [0.1, 0.15) is 20.3 Å². The van der Waals surface area contributed by atoms with E-state index >= 15 is 0 Å². The van der Waals surface area contributed by atoms with E-state index in [1.807, 2.05) is 0 Å². The minimum Gasteiger partial charge on any atom is -0.369 e. The molecule has 5 N–H and O–H groups in total. The molecule has 0 spiro atoms. The van der Waals surface area contributed by atoms with Crippen LogP contribution in [-0.2, 0) is 9.59 Å². The van der Waals surface area contributed by atoms with Crippen LogP contribution in [0.15, 0.2) is 0 Å². The van der Waals surface area contributed by atoms with Crippen LogP contribution in [0.2, 0.25) is 0 Å². The van der Waals surface area contributed by atoms with Crippen LogP contribution in [0.25, 0.3) is 0 Å². The Morgan fingerprint density at radius 3 is 2.18 bits per heavy atom. The molecule has 0 rings (SSSR count). The number of carbonyl (C=O) groups excluding carboxylic acids is 2. The lowest BCUT2D eigenvalue weighted by molar-refractivity contribution is -0.402. The highest BCUT2D eigenvalue weighted by Gasteiger charge is 2.21. The van der Waals surface area contributed by atoms with Crippen LogP contribution in [0, 0.1) is 5.92 Å². The van der Waals surface area contributed by atoms with Crippen molar-refractivity contribution in [2.75, 3.05) is 0 Å². The first-order valence-electron chi connectivity index (χ1n) is 3.60. The SMILES string of the molecule is CC(C)C(=O)[C@@H]([NH3+])CC(N)=O. The molecule has 4 nitrogen and oxygen atoms in total. The maximum absolute atomic E-state index is 11.1. The smallest absolute Gasteiger partial charge is 0.223 e. The molecule has 1 amide bonds. The molecule has 0 saturated heterocycles. The molecule has 0 saturated carbocycles. The number of amides is 1. The van der Waals surface area contributed by atoms with E-state index in [9.17, 15) is 9.59 Å². The lowest BCUT2D eigenvalue weighted by Crippen LogP contribution is -2.66. The maximum atomic E-state index is 11.1. The number of hydrogen-bond donors (Lipinski definition) is 2. The average molecular weight is 159 g/mol. The summed E-state index contributed by atoms with van der Waals surface area (Å²) in [5.74, 6) is -0.556. The zero-order chi connectivity index (χ0) is 9.02. The normalized spacial score (nSPS) is 13.1. The summed E-state index contributed by atoms with van der Waals surface area (Å²) in [6.45, 7) is 3.56. The second kappa shape index (κ2) is 4.08. The minimum atomic E-state index is -0.479. The number of rotatable bonds is 4. The zero-order valence-corrected chi connectivity index (χ0v) is 6.96.